The van der Waals surface area contributed by atoms with Crippen LogP contribution in [-0.2, 0) is 9.47 Å². The summed E-state index contributed by atoms with van der Waals surface area (Å²) in [5, 5.41) is 0. The van der Waals surface area contributed by atoms with Crippen molar-refractivity contribution >= 4 is 0 Å². The molecule has 1 aliphatic rings. The van der Waals surface area contributed by atoms with E-state index in [1.54, 1.807) is 0 Å². The van der Waals surface area contributed by atoms with Gasteiger partial charge in [0, 0.05) is 6.61 Å². The Morgan fingerprint density at radius 1 is 1.42 bits per heavy atom. The third-order valence-corrected chi connectivity index (χ3v) is 2.46. The van der Waals surface area contributed by atoms with Crippen molar-refractivity contribution in [2.45, 2.75) is 32.3 Å². The average molecular weight is 173 g/mol. The van der Waals surface area contributed by atoms with Gasteiger partial charge in [0.15, 0.2) is 0 Å². The SMILES string of the molecule is CCOCOC1CCCC1CN. The van der Waals surface area contributed by atoms with Crippen LogP contribution in [0.1, 0.15) is 26.2 Å². The molecule has 0 amide bonds. The number of ether oxygens (including phenoxy) is 2. The minimum atomic E-state index is 0.349. The van der Waals surface area contributed by atoms with Gasteiger partial charge in [-0.05, 0) is 32.2 Å². The summed E-state index contributed by atoms with van der Waals surface area (Å²) in [6.07, 6.45) is 3.96. The summed E-state index contributed by atoms with van der Waals surface area (Å²) in [7, 11) is 0. The lowest BCUT2D eigenvalue weighted by atomic mass is 10.1. The van der Waals surface area contributed by atoms with E-state index in [0.717, 1.165) is 19.6 Å². The van der Waals surface area contributed by atoms with Gasteiger partial charge in [0.1, 0.15) is 6.79 Å². The molecule has 1 fully saturated rings. The quantitative estimate of drug-likeness (QED) is 0.500. The monoisotopic (exact) mass is 173 g/mol. The average Bonchev–Trinajstić information content (AvgIpc) is 2.52. The van der Waals surface area contributed by atoms with Crippen LogP contribution < -0.4 is 5.73 Å². The second-order valence-corrected chi connectivity index (χ2v) is 3.24. The molecule has 0 aromatic heterocycles. The van der Waals surface area contributed by atoms with E-state index < -0.39 is 0 Å². The molecule has 3 heteroatoms. The van der Waals surface area contributed by atoms with Gasteiger partial charge >= 0.3 is 0 Å². The standard InChI is InChI=1S/C9H19NO2/c1-2-11-7-12-9-5-3-4-8(9)6-10/h8-9H,2-7,10H2,1H3. The number of nitrogens with two attached hydrogens (primary N) is 1. The summed E-state index contributed by atoms with van der Waals surface area (Å²) >= 11 is 0. The van der Waals surface area contributed by atoms with E-state index in [0.29, 0.717) is 18.8 Å². The molecule has 0 heterocycles. The lowest BCUT2D eigenvalue weighted by molar-refractivity contribution is -0.0954. The molecule has 1 rings (SSSR count). The van der Waals surface area contributed by atoms with E-state index in [2.05, 4.69) is 0 Å². The molecule has 0 aliphatic heterocycles. The highest BCUT2D eigenvalue weighted by atomic mass is 16.7. The van der Waals surface area contributed by atoms with E-state index in [9.17, 15) is 0 Å². The molecule has 3 nitrogen and oxygen atoms in total. The Labute approximate surface area is 74.2 Å². The first kappa shape index (κ1) is 9.96. The molecule has 2 unspecified atom stereocenters. The largest absolute Gasteiger partial charge is 0.356 e. The van der Waals surface area contributed by atoms with Gasteiger partial charge in [0.05, 0.1) is 6.10 Å². The van der Waals surface area contributed by atoms with Crippen LogP contribution in [0.4, 0.5) is 0 Å². The fraction of sp³-hybridized carbons (Fsp3) is 1.00. The Balaban J connectivity index is 2.12. The van der Waals surface area contributed by atoms with Crippen LogP contribution in [-0.4, -0.2) is 26.0 Å². The van der Waals surface area contributed by atoms with Crippen LogP contribution in [0.15, 0.2) is 0 Å². The summed E-state index contributed by atoms with van der Waals surface area (Å²) in [6, 6.07) is 0. The lowest BCUT2D eigenvalue weighted by Crippen LogP contribution is -2.26. The number of rotatable bonds is 5. The minimum absolute atomic E-state index is 0.349. The lowest BCUT2D eigenvalue weighted by Gasteiger charge is -2.17. The predicted octanol–water partition coefficient (Wildman–Crippen LogP) is 1.12. The Kier molecular flexibility index (Phi) is 4.58. The smallest absolute Gasteiger partial charge is 0.147 e. The molecule has 72 valence electrons. The molecule has 2 N–H and O–H groups in total. The number of hydrogen-bond acceptors (Lipinski definition) is 3. The second kappa shape index (κ2) is 5.51. The summed E-state index contributed by atoms with van der Waals surface area (Å²) in [5.41, 5.74) is 5.61. The second-order valence-electron chi connectivity index (χ2n) is 3.24. The predicted molar refractivity (Wildman–Crippen MR) is 47.8 cm³/mol. The van der Waals surface area contributed by atoms with E-state index in [-0.39, 0.29) is 0 Å². The van der Waals surface area contributed by atoms with E-state index >= 15 is 0 Å². The van der Waals surface area contributed by atoms with Crippen molar-refractivity contribution in [2.24, 2.45) is 11.7 Å². The summed E-state index contributed by atoms with van der Waals surface area (Å²) < 4.78 is 10.7. The third kappa shape index (κ3) is 2.73. The van der Waals surface area contributed by atoms with Gasteiger partial charge in [0.25, 0.3) is 0 Å². The zero-order chi connectivity index (χ0) is 8.81. The normalized spacial score (nSPS) is 29.5. The molecule has 0 saturated heterocycles. The first-order valence-electron chi connectivity index (χ1n) is 4.78. The maximum Gasteiger partial charge on any atom is 0.147 e. The molecule has 1 aliphatic carbocycles. The minimum Gasteiger partial charge on any atom is -0.356 e. The van der Waals surface area contributed by atoms with Gasteiger partial charge < -0.3 is 15.2 Å². The van der Waals surface area contributed by atoms with Crippen molar-refractivity contribution in [3.63, 3.8) is 0 Å². The fourth-order valence-electron chi connectivity index (χ4n) is 1.71. The molecular weight excluding hydrogens is 154 g/mol. The molecule has 2 atom stereocenters. The van der Waals surface area contributed by atoms with Crippen molar-refractivity contribution in [1.82, 2.24) is 0 Å². The van der Waals surface area contributed by atoms with Gasteiger partial charge in [-0.15, -0.1) is 0 Å². The first-order chi connectivity index (χ1) is 5.88. The molecule has 12 heavy (non-hydrogen) atoms. The van der Waals surface area contributed by atoms with Crippen molar-refractivity contribution in [1.29, 1.82) is 0 Å². The van der Waals surface area contributed by atoms with E-state index in [4.69, 9.17) is 15.2 Å². The molecule has 0 aromatic carbocycles. The molecular formula is C9H19NO2. The maximum atomic E-state index is 5.61. The Morgan fingerprint density at radius 3 is 2.92 bits per heavy atom. The van der Waals surface area contributed by atoms with Gasteiger partial charge in [-0.2, -0.15) is 0 Å². The van der Waals surface area contributed by atoms with Gasteiger partial charge in [-0.25, -0.2) is 0 Å². The van der Waals surface area contributed by atoms with Crippen molar-refractivity contribution in [2.75, 3.05) is 19.9 Å². The molecule has 1 saturated carbocycles. The van der Waals surface area contributed by atoms with Crippen LogP contribution >= 0.6 is 0 Å². The Bertz CT molecular complexity index is 119. The van der Waals surface area contributed by atoms with Crippen molar-refractivity contribution < 1.29 is 9.47 Å². The number of hydrogen-bond donors (Lipinski definition) is 1. The van der Waals surface area contributed by atoms with Crippen LogP contribution in [0, 0.1) is 5.92 Å². The van der Waals surface area contributed by atoms with Crippen LogP contribution in [0.5, 0.6) is 0 Å². The zero-order valence-corrected chi connectivity index (χ0v) is 7.79. The highest BCUT2D eigenvalue weighted by molar-refractivity contribution is 4.78. The molecule has 0 spiro atoms. The summed E-state index contributed by atoms with van der Waals surface area (Å²) in [5.74, 6) is 0.561. The highest BCUT2D eigenvalue weighted by Crippen LogP contribution is 2.27. The fourth-order valence-corrected chi connectivity index (χ4v) is 1.71. The first-order valence-corrected chi connectivity index (χ1v) is 4.78. The zero-order valence-electron chi connectivity index (χ0n) is 7.79. The Morgan fingerprint density at radius 2 is 2.25 bits per heavy atom. The maximum absolute atomic E-state index is 5.61. The third-order valence-electron chi connectivity index (χ3n) is 2.46. The van der Waals surface area contributed by atoms with Gasteiger partial charge in [0.2, 0.25) is 0 Å². The van der Waals surface area contributed by atoms with Gasteiger partial charge in [-0.1, -0.05) is 6.42 Å². The molecule has 0 radical (unpaired) electrons. The van der Waals surface area contributed by atoms with Crippen molar-refractivity contribution in [3.8, 4) is 0 Å². The molecule has 0 bridgehead atoms. The van der Waals surface area contributed by atoms with E-state index in [1.165, 1.54) is 12.8 Å². The van der Waals surface area contributed by atoms with Crippen LogP contribution in [0.3, 0.4) is 0 Å². The van der Waals surface area contributed by atoms with Crippen LogP contribution in [0.25, 0.3) is 0 Å². The Hall–Kier alpha value is -0.120. The van der Waals surface area contributed by atoms with E-state index in [1.807, 2.05) is 6.92 Å². The summed E-state index contributed by atoms with van der Waals surface area (Å²) in [4.78, 5) is 0. The molecule has 0 aromatic rings. The highest BCUT2D eigenvalue weighted by Gasteiger charge is 2.26. The van der Waals surface area contributed by atoms with Crippen LogP contribution in [0.2, 0.25) is 0 Å². The summed E-state index contributed by atoms with van der Waals surface area (Å²) in [6.45, 7) is 3.87. The van der Waals surface area contributed by atoms with Gasteiger partial charge in [-0.3, -0.25) is 0 Å². The van der Waals surface area contributed by atoms with Crippen molar-refractivity contribution in [3.05, 3.63) is 0 Å². The topological polar surface area (TPSA) is 44.5 Å².